The van der Waals surface area contributed by atoms with Crippen molar-refractivity contribution in [2.75, 3.05) is 0 Å². The molecule has 4 nitrogen and oxygen atoms in total. The first-order valence-corrected chi connectivity index (χ1v) is 5.05. The van der Waals surface area contributed by atoms with Crippen LogP contribution in [0.1, 0.15) is 23.7 Å². The van der Waals surface area contributed by atoms with E-state index in [1.54, 1.807) is 0 Å². The fraction of sp³-hybridized carbons (Fsp3) is 0.364. The molecule has 0 unspecified atom stereocenters. The Morgan fingerprint density at radius 3 is 2.50 bits per heavy atom. The number of carboxylic acids is 1. The highest BCUT2D eigenvalue weighted by molar-refractivity contribution is 5.73. The highest BCUT2D eigenvalue weighted by Crippen LogP contribution is 2.31. The number of alkyl halides is 3. The van der Waals surface area contributed by atoms with Gasteiger partial charge in [-0.05, 0) is 17.7 Å². The van der Waals surface area contributed by atoms with Crippen LogP contribution in [-0.4, -0.2) is 22.2 Å². The van der Waals surface area contributed by atoms with E-state index in [-0.39, 0.29) is 12.0 Å². The number of carbonyl (C=O) groups is 1. The Hall–Kier alpha value is -1.60. The van der Waals surface area contributed by atoms with Crippen LogP contribution in [0.15, 0.2) is 24.3 Å². The number of aliphatic carboxylic acids is 1. The van der Waals surface area contributed by atoms with E-state index in [1.165, 1.54) is 6.07 Å². The predicted molar refractivity (Wildman–Crippen MR) is 56.6 cm³/mol. The summed E-state index contributed by atoms with van der Waals surface area (Å²) in [5.74, 6) is -1.32. The third-order valence-electron chi connectivity index (χ3n) is 2.39. The highest BCUT2D eigenvalue weighted by atomic mass is 19.4. The largest absolute Gasteiger partial charge is 0.480 e. The fourth-order valence-corrected chi connectivity index (χ4v) is 1.40. The number of benzene rings is 1. The number of halogens is 3. The second-order valence-corrected chi connectivity index (χ2v) is 3.82. The zero-order valence-electron chi connectivity index (χ0n) is 9.19. The van der Waals surface area contributed by atoms with E-state index in [2.05, 4.69) is 0 Å². The molecule has 7 heteroatoms. The average Bonchev–Trinajstić information content (AvgIpc) is 2.27. The predicted octanol–water partition coefficient (Wildman–Crippen LogP) is 1.54. The second-order valence-electron chi connectivity index (χ2n) is 3.82. The molecule has 0 spiro atoms. The lowest BCUT2D eigenvalue weighted by atomic mass is 10.0. The maximum atomic E-state index is 12.4. The van der Waals surface area contributed by atoms with E-state index in [4.69, 9.17) is 10.8 Å². The highest BCUT2D eigenvalue weighted by Gasteiger charge is 2.31. The van der Waals surface area contributed by atoms with E-state index in [0.29, 0.717) is 0 Å². The van der Waals surface area contributed by atoms with Crippen molar-refractivity contribution in [1.29, 1.82) is 0 Å². The van der Waals surface area contributed by atoms with Crippen LogP contribution >= 0.6 is 0 Å². The van der Waals surface area contributed by atoms with Crippen LogP contribution in [0.4, 0.5) is 13.2 Å². The number of aliphatic hydroxyl groups is 1. The van der Waals surface area contributed by atoms with E-state index in [9.17, 15) is 23.1 Å². The van der Waals surface area contributed by atoms with Crippen LogP contribution < -0.4 is 5.73 Å². The fourth-order valence-electron chi connectivity index (χ4n) is 1.40. The monoisotopic (exact) mass is 263 g/mol. The van der Waals surface area contributed by atoms with Crippen LogP contribution in [0, 0.1) is 0 Å². The first kappa shape index (κ1) is 14.5. The van der Waals surface area contributed by atoms with Gasteiger partial charge in [-0.15, -0.1) is 0 Å². The van der Waals surface area contributed by atoms with Crippen LogP contribution in [-0.2, 0) is 11.0 Å². The lowest BCUT2D eigenvalue weighted by Crippen LogP contribution is -2.31. The number of carboxylic acid groups (broad SMARTS) is 1. The molecule has 0 saturated heterocycles. The van der Waals surface area contributed by atoms with Gasteiger partial charge in [0, 0.05) is 6.42 Å². The van der Waals surface area contributed by atoms with Crippen molar-refractivity contribution in [3.63, 3.8) is 0 Å². The molecule has 0 radical (unpaired) electrons. The maximum absolute atomic E-state index is 12.4. The molecule has 4 N–H and O–H groups in total. The molecule has 0 aromatic heterocycles. The van der Waals surface area contributed by atoms with Gasteiger partial charge in [0.2, 0.25) is 0 Å². The number of nitrogens with two attached hydrogens (primary N) is 1. The number of hydrogen-bond donors (Lipinski definition) is 3. The molecular weight excluding hydrogens is 251 g/mol. The summed E-state index contributed by atoms with van der Waals surface area (Å²) < 4.78 is 37.3. The van der Waals surface area contributed by atoms with Crippen molar-refractivity contribution >= 4 is 5.97 Å². The molecule has 0 fully saturated rings. The Kier molecular flexibility index (Phi) is 4.31. The van der Waals surface area contributed by atoms with Crippen LogP contribution in [0.2, 0.25) is 0 Å². The minimum absolute atomic E-state index is 0.0125. The molecular formula is C11H12F3NO3. The molecule has 0 aliphatic heterocycles. The van der Waals surface area contributed by atoms with Crippen molar-refractivity contribution in [3.05, 3.63) is 35.4 Å². The van der Waals surface area contributed by atoms with E-state index >= 15 is 0 Å². The Morgan fingerprint density at radius 2 is 2.00 bits per heavy atom. The molecule has 18 heavy (non-hydrogen) atoms. The van der Waals surface area contributed by atoms with Crippen LogP contribution in [0.25, 0.3) is 0 Å². The quantitative estimate of drug-likeness (QED) is 0.769. The average molecular weight is 263 g/mol. The summed E-state index contributed by atoms with van der Waals surface area (Å²) in [6, 6.07) is 2.75. The van der Waals surface area contributed by atoms with Gasteiger partial charge in [-0.2, -0.15) is 13.2 Å². The van der Waals surface area contributed by atoms with Crippen molar-refractivity contribution in [2.24, 2.45) is 5.73 Å². The summed E-state index contributed by atoms with van der Waals surface area (Å²) in [6.45, 7) is 0. The molecule has 0 bridgehead atoms. The van der Waals surface area contributed by atoms with Gasteiger partial charge in [0.25, 0.3) is 0 Å². The van der Waals surface area contributed by atoms with Gasteiger partial charge in [0.05, 0.1) is 11.7 Å². The summed E-state index contributed by atoms with van der Waals surface area (Å²) in [5.41, 5.74) is 4.28. The minimum atomic E-state index is -4.51. The van der Waals surface area contributed by atoms with Gasteiger partial charge in [0.1, 0.15) is 6.04 Å². The van der Waals surface area contributed by atoms with Gasteiger partial charge < -0.3 is 15.9 Å². The molecule has 1 rings (SSSR count). The summed E-state index contributed by atoms with van der Waals surface area (Å²) in [5, 5.41) is 18.2. The molecule has 0 saturated carbocycles. The SMILES string of the molecule is N[C@@H](C[C@H](O)c1cccc(C(F)(F)F)c1)C(=O)O. The van der Waals surface area contributed by atoms with Gasteiger partial charge in [0.15, 0.2) is 0 Å². The van der Waals surface area contributed by atoms with Gasteiger partial charge in [-0.25, -0.2) is 0 Å². The second kappa shape index (κ2) is 5.36. The Labute approximate surface area is 101 Å². The third-order valence-corrected chi connectivity index (χ3v) is 2.39. The summed E-state index contributed by atoms with van der Waals surface area (Å²) in [7, 11) is 0. The van der Waals surface area contributed by atoms with Crippen molar-refractivity contribution in [3.8, 4) is 0 Å². The van der Waals surface area contributed by atoms with Gasteiger partial charge in [-0.1, -0.05) is 12.1 Å². The molecule has 0 aliphatic carbocycles. The van der Waals surface area contributed by atoms with E-state index in [0.717, 1.165) is 18.2 Å². The van der Waals surface area contributed by atoms with E-state index < -0.39 is 29.9 Å². The first-order valence-electron chi connectivity index (χ1n) is 5.05. The summed E-state index contributed by atoms with van der Waals surface area (Å²) >= 11 is 0. The van der Waals surface area contributed by atoms with Gasteiger partial charge >= 0.3 is 12.1 Å². The van der Waals surface area contributed by atoms with Crippen molar-refractivity contribution < 1.29 is 28.2 Å². The molecule has 0 heterocycles. The zero-order chi connectivity index (χ0) is 13.9. The van der Waals surface area contributed by atoms with Crippen LogP contribution in [0.5, 0.6) is 0 Å². The molecule has 0 aliphatic rings. The summed E-state index contributed by atoms with van der Waals surface area (Å²) in [4.78, 5) is 10.5. The molecule has 100 valence electrons. The standard InChI is InChI=1S/C11H12F3NO3/c12-11(13,14)7-3-1-2-6(4-7)9(16)5-8(15)10(17)18/h1-4,8-9,16H,5,15H2,(H,17,18)/t8-,9-/m0/s1. The Bertz CT molecular complexity index is 434. The van der Waals surface area contributed by atoms with Crippen molar-refractivity contribution in [1.82, 2.24) is 0 Å². The normalized spacial score (nSPS) is 15.2. The number of rotatable bonds is 4. The smallest absolute Gasteiger partial charge is 0.416 e. The topological polar surface area (TPSA) is 83.5 Å². The Balaban J connectivity index is 2.87. The van der Waals surface area contributed by atoms with E-state index in [1.807, 2.05) is 0 Å². The van der Waals surface area contributed by atoms with Crippen molar-refractivity contribution in [2.45, 2.75) is 24.7 Å². The summed E-state index contributed by atoms with van der Waals surface area (Å²) in [6.07, 6.45) is -6.21. The Morgan fingerprint density at radius 1 is 1.39 bits per heavy atom. The zero-order valence-corrected chi connectivity index (χ0v) is 9.19. The molecule has 1 aromatic carbocycles. The third kappa shape index (κ3) is 3.71. The molecule has 2 atom stereocenters. The lowest BCUT2D eigenvalue weighted by Gasteiger charge is -2.15. The number of aliphatic hydroxyl groups excluding tert-OH is 1. The first-order chi connectivity index (χ1) is 8.21. The maximum Gasteiger partial charge on any atom is 0.416 e. The minimum Gasteiger partial charge on any atom is -0.480 e. The molecule has 0 amide bonds. The number of hydrogen-bond acceptors (Lipinski definition) is 3. The van der Waals surface area contributed by atoms with Gasteiger partial charge in [-0.3, -0.25) is 4.79 Å². The van der Waals surface area contributed by atoms with Crippen LogP contribution in [0.3, 0.4) is 0 Å². The lowest BCUT2D eigenvalue weighted by molar-refractivity contribution is -0.140. The molecule has 1 aromatic rings.